The molecule has 34 heavy (non-hydrogen) atoms. The summed E-state index contributed by atoms with van der Waals surface area (Å²) in [6, 6.07) is 17.5. The van der Waals surface area contributed by atoms with Gasteiger partial charge in [-0.25, -0.2) is 4.57 Å². The summed E-state index contributed by atoms with van der Waals surface area (Å²) in [5.74, 6) is 1.02. The fourth-order valence-electron chi connectivity index (χ4n) is 5.22. The van der Waals surface area contributed by atoms with Crippen molar-refractivity contribution in [3.05, 3.63) is 78.9 Å². The molecule has 2 nitrogen and oxygen atoms in total. The molecule has 2 aromatic heterocycles. The summed E-state index contributed by atoms with van der Waals surface area (Å²) in [6.45, 7) is 3.25. The predicted octanol–water partition coefficient (Wildman–Crippen LogP) is 7.53. The van der Waals surface area contributed by atoms with Crippen LogP contribution >= 0.6 is 0 Å². The van der Waals surface area contributed by atoms with Gasteiger partial charge in [0.2, 0.25) is 5.69 Å². The van der Waals surface area contributed by atoms with Gasteiger partial charge in [0.25, 0.3) is 0 Å². The van der Waals surface area contributed by atoms with Crippen LogP contribution in [0.3, 0.4) is 0 Å². The van der Waals surface area contributed by atoms with E-state index < -0.39 is 0 Å². The van der Waals surface area contributed by atoms with E-state index in [2.05, 4.69) is 89.4 Å². The summed E-state index contributed by atoms with van der Waals surface area (Å²) in [4.78, 5) is 0. The van der Waals surface area contributed by atoms with Crippen LogP contribution in [-0.4, -0.2) is 0 Å². The molecule has 0 spiro atoms. The van der Waals surface area contributed by atoms with E-state index in [9.17, 15) is 0 Å². The van der Waals surface area contributed by atoms with Crippen LogP contribution in [-0.2, 0) is 23.6 Å². The minimum Gasteiger partial charge on any atom is -0.205 e. The molecule has 2 fully saturated rings. The topological polar surface area (TPSA) is 7.76 Å². The van der Waals surface area contributed by atoms with Gasteiger partial charge in [-0.05, 0) is 30.4 Å². The molecule has 5 rings (SSSR count). The standard InChI is InChI=1S/C26H32N2.C5H10.Fe/c1-22-9-11-26(12-10-22)28-20-15-25(16-21-28)24-13-18-27(19-14-24)17-5-4-8-23-6-2-3-7-23;1-2-4-5-3-1;/h9-16,18-21,23H,2-8,17H2,1H3;1-5H2;/q+2;;. The van der Waals surface area contributed by atoms with Gasteiger partial charge in [-0.2, -0.15) is 4.57 Å². The van der Waals surface area contributed by atoms with E-state index in [4.69, 9.17) is 0 Å². The van der Waals surface area contributed by atoms with Crippen molar-refractivity contribution >= 4 is 0 Å². The zero-order valence-corrected chi connectivity index (χ0v) is 22.1. The predicted molar refractivity (Wildman–Crippen MR) is 137 cm³/mol. The molecule has 3 heteroatoms. The van der Waals surface area contributed by atoms with Crippen molar-refractivity contribution in [1.82, 2.24) is 0 Å². The van der Waals surface area contributed by atoms with E-state index in [1.807, 2.05) is 0 Å². The second kappa shape index (κ2) is 14.4. The van der Waals surface area contributed by atoms with Crippen molar-refractivity contribution < 1.29 is 26.2 Å². The van der Waals surface area contributed by atoms with E-state index in [1.54, 1.807) is 0 Å². The first-order chi connectivity index (χ1) is 16.3. The number of unbranched alkanes of at least 4 members (excludes halogenated alkanes) is 1. The number of nitrogens with zero attached hydrogens (tertiary/aromatic N) is 2. The van der Waals surface area contributed by atoms with Crippen LogP contribution in [0.2, 0.25) is 0 Å². The van der Waals surface area contributed by atoms with Crippen molar-refractivity contribution in [2.45, 2.75) is 90.5 Å². The molecule has 0 unspecified atom stereocenters. The van der Waals surface area contributed by atoms with Gasteiger partial charge in [0.05, 0.1) is 0 Å². The molecule has 0 radical (unpaired) electrons. The molecular formula is C31H42FeN2+2. The Kier molecular flexibility index (Phi) is 11.3. The average Bonchev–Trinajstić information content (AvgIpc) is 3.60. The summed E-state index contributed by atoms with van der Waals surface area (Å²) in [5.41, 5.74) is 5.02. The minimum absolute atomic E-state index is 0. The van der Waals surface area contributed by atoms with Crippen molar-refractivity contribution in [2.24, 2.45) is 5.92 Å². The molecule has 2 saturated carbocycles. The third kappa shape index (κ3) is 8.36. The fourth-order valence-corrected chi connectivity index (χ4v) is 5.22. The number of aryl methyl sites for hydroxylation is 2. The Morgan fingerprint density at radius 1 is 0.647 bits per heavy atom. The van der Waals surface area contributed by atoms with E-state index in [1.165, 1.54) is 99.4 Å². The second-order valence-corrected chi connectivity index (χ2v) is 10.1. The van der Waals surface area contributed by atoms with Gasteiger partial charge in [-0.15, -0.1) is 0 Å². The third-order valence-electron chi connectivity index (χ3n) is 7.39. The summed E-state index contributed by atoms with van der Waals surface area (Å²) >= 11 is 0. The third-order valence-corrected chi connectivity index (χ3v) is 7.39. The number of aromatic nitrogens is 2. The van der Waals surface area contributed by atoms with Gasteiger partial charge in [-0.3, -0.25) is 0 Å². The van der Waals surface area contributed by atoms with E-state index in [0.29, 0.717) is 0 Å². The van der Waals surface area contributed by atoms with Crippen LogP contribution in [0, 0.1) is 12.8 Å². The van der Waals surface area contributed by atoms with Gasteiger partial charge < -0.3 is 0 Å². The van der Waals surface area contributed by atoms with E-state index in [0.717, 1.165) is 12.5 Å². The fraction of sp³-hybridized carbons (Fsp3) is 0.484. The zero-order chi connectivity index (χ0) is 22.7. The number of rotatable bonds is 7. The molecule has 2 heterocycles. The molecule has 0 N–H and O–H groups in total. The normalized spacial score (nSPS) is 15.4. The van der Waals surface area contributed by atoms with E-state index in [-0.39, 0.29) is 17.1 Å². The molecule has 0 saturated heterocycles. The molecule has 0 atom stereocenters. The Hall–Kier alpha value is -1.96. The summed E-state index contributed by atoms with van der Waals surface area (Å²) in [7, 11) is 0. The second-order valence-electron chi connectivity index (χ2n) is 10.1. The average molecular weight is 499 g/mol. The molecule has 1 aromatic carbocycles. The maximum Gasteiger partial charge on any atom is 0.210 e. The van der Waals surface area contributed by atoms with Crippen molar-refractivity contribution in [3.8, 4) is 16.8 Å². The van der Waals surface area contributed by atoms with Crippen LogP contribution < -0.4 is 9.13 Å². The monoisotopic (exact) mass is 498 g/mol. The summed E-state index contributed by atoms with van der Waals surface area (Å²) in [5, 5.41) is 0. The van der Waals surface area contributed by atoms with Crippen LogP contribution in [0.5, 0.6) is 0 Å². The quantitative estimate of drug-likeness (QED) is 0.181. The van der Waals surface area contributed by atoms with Crippen LogP contribution in [0.1, 0.15) is 82.6 Å². The van der Waals surface area contributed by atoms with Crippen LogP contribution in [0.25, 0.3) is 16.8 Å². The van der Waals surface area contributed by atoms with Gasteiger partial charge in [0, 0.05) is 59.9 Å². The van der Waals surface area contributed by atoms with Gasteiger partial charge in [0.15, 0.2) is 24.8 Å². The Morgan fingerprint density at radius 2 is 1.18 bits per heavy atom. The number of hydrogen-bond acceptors (Lipinski definition) is 0. The molecule has 0 amide bonds. The molecule has 3 aromatic rings. The number of benzene rings is 1. The first kappa shape index (κ1) is 26.6. The van der Waals surface area contributed by atoms with Gasteiger partial charge in [-0.1, -0.05) is 81.9 Å². The molecule has 0 aliphatic heterocycles. The van der Waals surface area contributed by atoms with Crippen molar-refractivity contribution in [3.63, 3.8) is 0 Å². The smallest absolute Gasteiger partial charge is 0.205 e. The summed E-state index contributed by atoms with van der Waals surface area (Å²) in [6.07, 6.45) is 26.2. The van der Waals surface area contributed by atoms with Crippen molar-refractivity contribution in [2.75, 3.05) is 0 Å². The molecular weight excluding hydrogens is 456 g/mol. The maximum absolute atomic E-state index is 2.33. The first-order valence-corrected chi connectivity index (χ1v) is 13.4. The Morgan fingerprint density at radius 3 is 1.74 bits per heavy atom. The van der Waals surface area contributed by atoms with Crippen molar-refractivity contribution in [1.29, 1.82) is 0 Å². The van der Waals surface area contributed by atoms with Crippen LogP contribution in [0.15, 0.2) is 73.3 Å². The Bertz CT molecular complexity index is 931. The minimum atomic E-state index is 0. The number of pyridine rings is 2. The molecule has 2 aliphatic rings. The Balaban J connectivity index is 0.000000481. The zero-order valence-electron chi connectivity index (χ0n) is 20.9. The Labute approximate surface area is 217 Å². The number of hydrogen-bond donors (Lipinski definition) is 0. The molecule has 182 valence electrons. The van der Waals surface area contributed by atoms with E-state index >= 15 is 0 Å². The first-order valence-electron chi connectivity index (χ1n) is 13.4. The molecule has 0 bridgehead atoms. The van der Waals surface area contributed by atoms with Gasteiger partial charge >= 0.3 is 0 Å². The SMILES string of the molecule is C1CCCC1.Cc1ccc(-[n+]2ccc(-c3cc[n+](CCCCC4CCCC4)cc3)cc2)cc1.[Fe]. The largest absolute Gasteiger partial charge is 0.210 e. The summed E-state index contributed by atoms with van der Waals surface area (Å²) < 4.78 is 4.49. The molecule has 2 aliphatic carbocycles. The van der Waals surface area contributed by atoms with Crippen LogP contribution in [0.4, 0.5) is 0 Å². The van der Waals surface area contributed by atoms with Gasteiger partial charge in [0.1, 0.15) is 6.54 Å². The maximum atomic E-state index is 2.33.